The second kappa shape index (κ2) is 5.10. The van der Waals surface area contributed by atoms with E-state index in [0.717, 1.165) is 5.08 Å². The van der Waals surface area contributed by atoms with Crippen LogP contribution in [0.25, 0.3) is 0 Å². The summed E-state index contributed by atoms with van der Waals surface area (Å²) in [6, 6.07) is 0. The van der Waals surface area contributed by atoms with Crippen molar-refractivity contribution in [2.24, 2.45) is 0 Å². The Morgan fingerprint density at radius 2 is 2.56 bits per heavy atom. The molecule has 0 nitrogen and oxygen atoms in total. The fraction of sp³-hybridized carbons (Fsp3) is 1.00. The lowest BCUT2D eigenvalue weighted by Gasteiger charge is -2.23. The summed E-state index contributed by atoms with van der Waals surface area (Å²) >= 11 is 6.32. The van der Waals surface area contributed by atoms with Crippen LogP contribution in [-0.2, 0) is 0 Å². The van der Waals surface area contributed by atoms with Gasteiger partial charge in [-0.25, -0.2) is 0 Å². The van der Waals surface area contributed by atoms with E-state index in [2.05, 4.69) is 35.2 Å². The van der Waals surface area contributed by atoms with Crippen molar-refractivity contribution < 1.29 is 0 Å². The number of rotatable bonds is 2. The van der Waals surface area contributed by atoms with Gasteiger partial charge < -0.3 is 0 Å². The van der Waals surface area contributed by atoms with Crippen LogP contribution in [0.5, 0.6) is 0 Å². The van der Waals surface area contributed by atoms with Gasteiger partial charge in [0.2, 0.25) is 0 Å². The summed E-state index contributed by atoms with van der Waals surface area (Å²) in [5.41, 5.74) is 0. The molecule has 1 fully saturated rings. The van der Waals surface area contributed by atoms with Gasteiger partial charge in [0, 0.05) is 10.2 Å². The van der Waals surface area contributed by atoms with E-state index < -0.39 is 0 Å². The average Bonchev–Trinajstić information content (AvgIpc) is 1.91. The molecule has 0 aromatic heterocycles. The molecule has 1 unspecified atom stereocenters. The highest BCUT2D eigenvalue weighted by molar-refractivity contribution is 8.87. The molecule has 1 rings (SSSR count). The number of thiol groups is 2. The second-order valence-corrected chi connectivity index (χ2v) is 8.73. The van der Waals surface area contributed by atoms with E-state index in [1.165, 1.54) is 23.0 Å². The molecular formula is C5H12S4. The van der Waals surface area contributed by atoms with Crippen LogP contribution < -0.4 is 0 Å². The Morgan fingerprint density at radius 3 is 3.11 bits per heavy atom. The molecule has 9 heavy (non-hydrogen) atoms. The van der Waals surface area contributed by atoms with E-state index >= 15 is 0 Å². The molecule has 0 N–H and O–H groups in total. The molecule has 0 aromatic carbocycles. The summed E-state index contributed by atoms with van der Waals surface area (Å²) in [5.74, 6) is 2.87. The summed E-state index contributed by atoms with van der Waals surface area (Å²) in [4.78, 5) is 0. The van der Waals surface area contributed by atoms with Crippen molar-refractivity contribution in [1.82, 2.24) is 0 Å². The maximum Gasteiger partial charge on any atom is 0.0449 e. The molecule has 0 spiro atoms. The Morgan fingerprint density at radius 1 is 1.67 bits per heavy atom. The number of hydrogen-bond acceptors (Lipinski definition) is 3. The quantitative estimate of drug-likeness (QED) is 0.399. The Bertz CT molecular complexity index is 66.6. The van der Waals surface area contributed by atoms with Gasteiger partial charge >= 0.3 is 0 Å². The summed E-state index contributed by atoms with van der Waals surface area (Å²) in [7, 11) is 2.39. The van der Waals surface area contributed by atoms with Crippen molar-refractivity contribution in [3.8, 4) is 0 Å². The van der Waals surface area contributed by atoms with Gasteiger partial charge in [0.25, 0.3) is 0 Å². The SMILES string of the molecule is SCS[SH]1CCCSC1. The van der Waals surface area contributed by atoms with Crippen LogP contribution in [0.1, 0.15) is 6.42 Å². The van der Waals surface area contributed by atoms with Crippen LogP contribution in [0.2, 0.25) is 0 Å². The minimum Gasteiger partial charge on any atom is -0.195 e. The van der Waals surface area contributed by atoms with Gasteiger partial charge in [0.1, 0.15) is 0 Å². The third-order valence-corrected chi connectivity index (χ3v) is 8.90. The van der Waals surface area contributed by atoms with Gasteiger partial charge in [-0.15, -0.1) is 10.8 Å². The number of thioether (sulfide) groups is 1. The smallest absolute Gasteiger partial charge is 0.0449 e. The van der Waals surface area contributed by atoms with Crippen LogP contribution in [0.15, 0.2) is 0 Å². The van der Waals surface area contributed by atoms with Crippen molar-refractivity contribution in [1.29, 1.82) is 0 Å². The van der Waals surface area contributed by atoms with Crippen molar-refractivity contribution in [2.75, 3.05) is 21.7 Å². The summed E-state index contributed by atoms with van der Waals surface area (Å²) in [6.45, 7) is 0. The molecule has 0 aliphatic carbocycles. The zero-order valence-electron chi connectivity index (χ0n) is 5.25. The lowest BCUT2D eigenvalue weighted by Crippen LogP contribution is -1.98. The predicted octanol–water partition coefficient (Wildman–Crippen LogP) is 2.62. The largest absolute Gasteiger partial charge is 0.195 e. The van der Waals surface area contributed by atoms with Crippen LogP contribution in [0.4, 0.5) is 0 Å². The first-order chi connectivity index (χ1) is 4.43. The maximum absolute atomic E-state index is 4.20. The first-order valence-electron chi connectivity index (χ1n) is 3.00. The molecule has 1 atom stereocenters. The Hall–Kier alpha value is 1.40. The van der Waals surface area contributed by atoms with Gasteiger partial charge in [-0.05, 0) is 17.9 Å². The second-order valence-electron chi connectivity index (χ2n) is 1.85. The molecule has 0 bridgehead atoms. The van der Waals surface area contributed by atoms with Gasteiger partial charge in [-0.3, -0.25) is 0 Å². The molecule has 0 saturated carbocycles. The highest BCUT2D eigenvalue weighted by Gasteiger charge is 2.08. The van der Waals surface area contributed by atoms with Gasteiger partial charge in [-0.1, -0.05) is 0 Å². The van der Waals surface area contributed by atoms with Crippen molar-refractivity contribution in [3.05, 3.63) is 0 Å². The molecule has 56 valence electrons. The maximum atomic E-state index is 4.20. The van der Waals surface area contributed by atoms with Crippen molar-refractivity contribution in [2.45, 2.75) is 6.42 Å². The van der Waals surface area contributed by atoms with Crippen LogP contribution in [-0.4, -0.2) is 21.7 Å². The zero-order chi connectivity index (χ0) is 6.53. The minimum absolute atomic E-state index is 0.331. The third kappa shape index (κ3) is 3.35. The fourth-order valence-electron chi connectivity index (χ4n) is 0.757. The molecular weight excluding hydrogens is 188 g/mol. The minimum atomic E-state index is 0.331. The normalized spacial score (nSPS) is 32.3. The highest BCUT2D eigenvalue weighted by atomic mass is 33.1. The fourth-order valence-corrected chi connectivity index (χ4v) is 8.34. The van der Waals surface area contributed by atoms with Crippen molar-refractivity contribution in [3.63, 3.8) is 0 Å². The Balaban J connectivity index is 2.08. The molecule has 4 heteroatoms. The molecule has 1 aliphatic rings. The average molecular weight is 200 g/mol. The lowest BCUT2D eigenvalue weighted by molar-refractivity contribution is 1.12. The van der Waals surface area contributed by atoms with E-state index in [-0.39, 0.29) is 0 Å². The van der Waals surface area contributed by atoms with E-state index in [4.69, 9.17) is 0 Å². The highest BCUT2D eigenvalue weighted by Crippen LogP contribution is 2.46. The molecule has 1 saturated heterocycles. The molecule has 1 aliphatic heterocycles. The lowest BCUT2D eigenvalue weighted by atomic mass is 10.6. The molecule has 0 aromatic rings. The van der Waals surface area contributed by atoms with E-state index in [0.29, 0.717) is 9.93 Å². The summed E-state index contributed by atoms with van der Waals surface area (Å²) in [6.07, 6.45) is 1.44. The predicted molar refractivity (Wildman–Crippen MR) is 57.2 cm³/mol. The van der Waals surface area contributed by atoms with Crippen LogP contribution in [0.3, 0.4) is 0 Å². The van der Waals surface area contributed by atoms with E-state index in [1.807, 2.05) is 0 Å². The standard InChI is InChI=1S/C5H12S4/c6-4-8-9-3-1-2-7-5-9/h6,9H,1-5H2. The molecule has 1 heterocycles. The zero-order valence-corrected chi connectivity index (χ0v) is 8.67. The van der Waals surface area contributed by atoms with Gasteiger partial charge in [-0.2, -0.15) is 34.3 Å². The van der Waals surface area contributed by atoms with Crippen LogP contribution in [0, 0.1) is 0 Å². The van der Waals surface area contributed by atoms with Crippen LogP contribution >= 0.6 is 45.1 Å². The topological polar surface area (TPSA) is 0 Å². The molecule has 0 radical (unpaired) electrons. The van der Waals surface area contributed by atoms with E-state index in [9.17, 15) is 0 Å². The monoisotopic (exact) mass is 200 g/mol. The van der Waals surface area contributed by atoms with Gasteiger partial charge in [0.05, 0.1) is 0 Å². The molecule has 0 amide bonds. The first-order valence-corrected chi connectivity index (χ1v) is 8.09. The van der Waals surface area contributed by atoms with E-state index in [1.54, 1.807) is 0 Å². The third-order valence-electron chi connectivity index (χ3n) is 1.17. The van der Waals surface area contributed by atoms with Crippen molar-refractivity contribution >= 4 is 45.1 Å². The van der Waals surface area contributed by atoms with Gasteiger partial charge in [0.15, 0.2) is 0 Å². The summed E-state index contributed by atoms with van der Waals surface area (Å²) < 4.78 is 0. The summed E-state index contributed by atoms with van der Waals surface area (Å²) in [5, 5.41) is 2.44. The number of hydrogen-bond donors (Lipinski definition) is 2. The first kappa shape index (κ1) is 8.50. The Kier molecular flexibility index (Phi) is 4.82. The Labute approximate surface area is 73.1 Å².